The van der Waals surface area contributed by atoms with E-state index in [1.54, 1.807) is 29.3 Å². The lowest BCUT2D eigenvalue weighted by molar-refractivity contribution is -0.0470. The van der Waals surface area contributed by atoms with Crippen molar-refractivity contribution in [3.05, 3.63) is 48.9 Å². The van der Waals surface area contributed by atoms with Gasteiger partial charge in [-0.3, -0.25) is 4.57 Å². The zero-order chi connectivity index (χ0) is 37.9. The Morgan fingerprint density at radius 2 is 1.33 bits per heavy atom. The zero-order valence-corrected chi connectivity index (χ0v) is 36.2. The Kier molecular flexibility index (Phi) is 10.6. The highest BCUT2D eigenvalue weighted by molar-refractivity contribution is 6.75. The van der Waals surface area contributed by atoms with Crippen molar-refractivity contribution in [2.45, 2.75) is 141 Å². The minimum absolute atomic E-state index is 0.0276. The molecule has 51 heavy (non-hydrogen) atoms. The van der Waals surface area contributed by atoms with Gasteiger partial charge < -0.3 is 18.0 Å². The van der Waals surface area contributed by atoms with Gasteiger partial charge in [-0.05, 0) is 78.7 Å². The summed E-state index contributed by atoms with van der Waals surface area (Å²) in [4.78, 5) is 14.2. The van der Waals surface area contributed by atoms with E-state index in [0.29, 0.717) is 29.3 Å². The topological polar surface area (TPSA) is 111 Å². The second-order valence-electron chi connectivity index (χ2n) is 18.4. The summed E-state index contributed by atoms with van der Waals surface area (Å²) >= 11 is 0. The van der Waals surface area contributed by atoms with Gasteiger partial charge in [0.15, 0.2) is 48.2 Å². The summed E-state index contributed by atoms with van der Waals surface area (Å²) < 4.78 is 45.9. The molecule has 1 aliphatic heterocycles. The largest absolute Gasteiger partial charge is 0.414 e. The molecule has 11 nitrogen and oxygen atoms in total. The van der Waals surface area contributed by atoms with Gasteiger partial charge in [0.1, 0.15) is 30.5 Å². The number of fused-ring (bicyclic) bond motifs is 1. The first kappa shape index (κ1) is 39.5. The Bertz CT molecular complexity index is 1830. The predicted molar refractivity (Wildman–Crippen MR) is 207 cm³/mol. The normalized spacial score (nSPS) is 21.2. The first-order valence-corrected chi connectivity index (χ1v) is 26.6. The molecule has 1 fully saturated rings. The van der Waals surface area contributed by atoms with Crippen molar-refractivity contribution in [2.75, 3.05) is 6.61 Å². The fourth-order valence-corrected chi connectivity index (χ4v) is 8.88. The van der Waals surface area contributed by atoms with Crippen LogP contribution in [0.3, 0.4) is 0 Å². The predicted octanol–water partition coefficient (Wildman–Crippen LogP) is 8.91. The quantitative estimate of drug-likeness (QED) is 0.147. The Balaban J connectivity index is 1.63. The molecule has 0 N–H and O–H groups in total. The first-order valence-electron chi connectivity index (χ1n) is 17.8. The van der Waals surface area contributed by atoms with Gasteiger partial charge in [-0.15, -0.1) is 5.10 Å². The van der Waals surface area contributed by atoms with Gasteiger partial charge in [-0.1, -0.05) is 67.5 Å². The maximum absolute atomic E-state index is 13.8. The maximum Gasteiger partial charge on any atom is 0.192 e. The van der Waals surface area contributed by atoms with Crippen LogP contribution in [0.25, 0.3) is 28.2 Å². The number of imidazole rings is 1. The van der Waals surface area contributed by atoms with Gasteiger partial charge in [-0.25, -0.2) is 19.3 Å². The van der Waals surface area contributed by atoms with E-state index >= 15 is 0 Å². The summed E-state index contributed by atoms with van der Waals surface area (Å²) in [6, 6.07) is 6.19. The molecule has 280 valence electrons. The molecule has 4 aromatic rings. The number of nitrogens with zero attached hydrogens (tertiary/aromatic N) is 7. The third-order valence-corrected chi connectivity index (χ3v) is 25.1. The fourth-order valence-electron chi connectivity index (χ4n) is 5.26. The minimum Gasteiger partial charge on any atom is -0.414 e. The van der Waals surface area contributed by atoms with E-state index < -0.39 is 49.5 Å². The highest BCUT2D eigenvalue weighted by atomic mass is 28.4. The van der Waals surface area contributed by atoms with Crippen molar-refractivity contribution in [3.63, 3.8) is 0 Å². The van der Waals surface area contributed by atoms with Gasteiger partial charge >= 0.3 is 0 Å². The second-order valence-corrected chi connectivity index (χ2v) is 32.7. The van der Waals surface area contributed by atoms with Crippen LogP contribution in [-0.2, 0) is 18.0 Å². The Hall–Kier alpha value is -2.67. The van der Waals surface area contributed by atoms with E-state index in [9.17, 15) is 4.39 Å². The molecule has 4 heterocycles. The highest BCUT2D eigenvalue weighted by Gasteiger charge is 2.55. The summed E-state index contributed by atoms with van der Waals surface area (Å²) in [5, 5.41) is 8.42. The van der Waals surface area contributed by atoms with Crippen LogP contribution in [0.15, 0.2) is 43.1 Å². The molecule has 0 spiro atoms. The maximum atomic E-state index is 13.8. The molecule has 0 amide bonds. The number of aromatic nitrogens is 7. The molecule has 1 aromatic carbocycles. The first-order chi connectivity index (χ1) is 23.3. The number of halogens is 1. The van der Waals surface area contributed by atoms with Crippen LogP contribution >= 0.6 is 0 Å². The third-order valence-electron chi connectivity index (χ3n) is 11.7. The van der Waals surface area contributed by atoms with E-state index in [1.807, 2.05) is 4.57 Å². The van der Waals surface area contributed by atoms with Crippen LogP contribution in [0.2, 0.25) is 54.4 Å². The highest BCUT2D eigenvalue weighted by Crippen LogP contribution is 2.47. The fraction of sp³-hybridized carbons (Fsp3) is 0.639. The van der Waals surface area contributed by atoms with Crippen LogP contribution < -0.4 is 0 Å². The van der Waals surface area contributed by atoms with E-state index in [2.05, 4.69) is 117 Å². The summed E-state index contributed by atoms with van der Waals surface area (Å²) in [7, 11) is -6.83. The molecule has 5 rings (SSSR count). The minimum atomic E-state index is -2.37. The summed E-state index contributed by atoms with van der Waals surface area (Å²) in [6.07, 6.45) is 2.99. The molecular formula is C36H58FN7O4Si3. The van der Waals surface area contributed by atoms with Crippen molar-refractivity contribution < 1.29 is 22.4 Å². The molecule has 4 atom stereocenters. The van der Waals surface area contributed by atoms with Crippen molar-refractivity contribution in [2.24, 2.45) is 0 Å². The molecule has 0 bridgehead atoms. The molecule has 0 radical (unpaired) electrons. The number of benzene rings is 1. The van der Waals surface area contributed by atoms with Gasteiger partial charge in [0.05, 0.1) is 24.8 Å². The van der Waals surface area contributed by atoms with E-state index in [4.69, 9.17) is 28.0 Å². The zero-order valence-electron chi connectivity index (χ0n) is 33.2. The molecule has 1 aliphatic rings. The van der Waals surface area contributed by atoms with Crippen LogP contribution in [-0.4, -0.2) is 84.4 Å². The SMILES string of the molecule is CC(C)(C)[Si](C)(C)OC[C@H]1O[C@@H](n2cnc3c(-n4nncc4-c4ccc(F)cc4)ncnc32)[C@H](O[Si](C)(C)C(C)(C)C)[C@@H]1O[Si](C)(C)C(C)(C)C. The lowest BCUT2D eigenvalue weighted by Gasteiger charge is -2.44. The monoisotopic (exact) mass is 755 g/mol. The molecule has 0 saturated carbocycles. The molecule has 0 unspecified atom stereocenters. The van der Waals surface area contributed by atoms with Gasteiger partial charge in [0.2, 0.25) is 0 Å². The Labute approximate surface area is 306 Å². The molecule has 1 saturated heterocycles. The molecule has 3 aromatic heterocycles. The number of hydrogen-bond acceptors (Lipinski definition) is 9. The second kappa shape index (κ2) is 13.6. The molecule has 15 heteroatoms. The standard InChI is InChI=1S/C36H58FN7O4Si3/c1-34(2,3)49(10,11)45-21-27-29(47-50(12,13)35(4,5)6)30(48-51(14,15)36(7,8)9)33(46-27)43-23-40-28-31(43)38-22-39-32(28)44-26(20-41-42-44)24-16-18-25(37)19-17-24/h16-20,22-23,27,29-30,33H,21H2,1-15H3/t27-,29-,30-,33-/m1/s1. The van der Waals surface area contributed by atoms with Crippen molar-refractivity contribution in [1.29, 1.82) is 0 Å². The van der Waals surface area contributed by atoms with Gasteiger partial charge in [0, 0.05) is 5.56 Å². The van der Waals surface area contributed by atoms with E-state index in [0.717, 1.165) is 5.56 Å². The van der Waals surface area contributed by atoms with Crippen molar-refractivity contribution in [3.8, 4) is 17.1 Å². The number of rotatable bonds is 10. The van der Waals surface area contributed by atoms with Crippen LogP contribution in [0, 0.1) is 5.82 Å². The van der Waals surface area contributed by atoms with Crippen LogP contribution in [0.1, 0.15) is 68.5 Å². The lowest BCUT2D eigenvalue weighted by Crippen LogP contribution is -2.54. The Morgan fingerprint density at radius 1 is 0.765 bits per heavy atom. The van der Waals surface area contributed by atoms with Crippen molar-refractivity contribution >= 4 is 36.1 Å². The Morgan fingerprint density at radius 3 is 1.90 bits per heavy atom. The summed E-state index contributed by atoms with van der Waals surface area (Å²) in [5.41, 5.74) is 2.46. The van der Waals surface area contributed by atoms with E-state index in [-0.39, 0.29) is 20.9 Å². The number of ether oxygens (including phenoxy) is 1. The van der Waals surface area contributed by atoms with E-state index in [1.165, 1.54) is 18.5 Å². The van der Waals surface area contributed by atoms with Gasteiger partial charge in [-0.2, -0.15) is 4.68 Å². The van der Waals surface area contributed by atoms with Crippen LogP contribution in [0.4, 0.5) is 4.39 Å². The molecular weight excluding hydrogens is 698 g/mol. The average molecular weight is 756 g/mol. The van der Waals surface area contributed by atoms with Crippen LogP contribution in [0.5, 0.6) is 0 Å². The van der Waals surface area contributed by atoms with Gasteiger partial charge in [0.25, 0.3) is 0 Å². The molecule has 0 aliphatic carbocycles. The smallest absolute Gasteiger partial charge is 0.192 e. The number of hydrogen-bond donors (Lipinski definition) is 0. The third kappa shape index (κ3) is 7.85. The average Bonchev–Trinajstić information content (AvgIpc) is 3.73. The summed E-state index contributed by atoms with van der Waals surface area (Å²) in [5.74, 6) is 0.123. The van der Waals surface area contributed by atoms with Crippen molar-refractivity contribution in [1.82, 2.24) is 34.5 Å². The lowest BCUT2D eigenvalue weighted by atomic mass is 10.1. The summed E-state index contributed by atoms with van der Waals surface area (Å²) in [6.45, 7) is 34.2.